The van der Waals surface area contributed by atoms with Crippen LogP contribution in [0.1, 0.15) is 278 Å². The fourth-order valence-electron chi connectivity index (χ4n) is 8.31. The summed E-state index contributed by atoms with van der Waals surface area (Å²) < 4.78 is 16.8. The lowest BCUT2D eigenvalue weighted by atomic mass is 10.0. The Morgan fingerprint density at radius 1 is 0.280 bits per heavy atom. The number of hydrogen-bond acceptors (Lipinski definition) is 6. The van der Waals surface area contributed by atoms with Crippen LogP contribution in [0.2, 0.25) is 0 Å². The van der Waals surface area contributed by atoms with E-state index in [1.54, 1.807) is 0 Å². The van der Waals surface area contributed by atoms with Crippen molar-refractivity contribution in [2.45, 2.75) is 284 Å². The lowest BCUT2D eigenvalue weighted by Gasteiger charge is -2.18. The summed E-state index contributed by atoms with van der Waals surface area (Å²) in [4.78, 5) is 38.2. The van der Waals surface area contributed by atoms with E-state index in [0.29, 0.717) is 19.3 Å². The van der Waals surface area contributed by atoms with Gasteiger partial charge in [-0.2, -0.15) is 0 Å². The Kier molecular flexibility index (Phi) is 58.9. The lowest BCUT2D eigenvalue weighted by Crippen LogP contribution is -2.30. The van der Waals surface area contributed by atoms with Gasteiger partial charge in [-0.25, -0.2) is 0 Å². The topological polar surface area (TPSA) is 78.9 Å². The third-order valence-corrected chi connectivity index (χ3v) is 13.0. The summed E-state index contributed by atoms with van der Waals surface area (Å²) in [6.07, 6.45) is 86.3. The van der Waals surface area contributed by atoms with Crippen molar-refractivity contribution in [3.63, 3.8) is 0 Å². The predicted octanol–water partition coefficient (Wildman–Crippen LogP) is 21.2. The van der Waals surface area contributed by atoms with Crippen LogP contribution in [-0.4, -0.2) is 37.2 Å². The molecule has 0 amide bonds. The van der Waals surface area contributed by atoms with Gasteiger partial charge in [0.15, 0.2) is 6.10 Å². The van der Waals surface area contributed by atoms with Crippen molar-refractivity contribution in [1.29, 1.82) is 0 Å². The van der Waals surface area contributed by atoms with Gasteiger partial charge in [0.2, 0.25) is 0 Å². The molecule has 0 aromatic rings. The number of allylic oxidation sites excluding steroid dienone is 20. The Morgan fingerprint density at radius 3 is 0.867 bits per heavy atom. The van der Waals surface area contributed by atoms with E-state index in [0.717, 1.165) is 128 Å². The fraction of sp³-hybridized carbons (Fsp3) is 0.667. The normalized spacial score (nSPS) is 12.9. The quantitative estimate of drug-likeness (QED) is 0.0261. The molecule has 0 aliphatic rings. The maximum atomic E-state index is 12.9. The molecule has 0 radical (unpaired) electrons. The van der Waals surface area contributed by atoms with Crippen LogP contribution in [-0.2, 0) is 28.6 Å². The van der Waals surface area contributed by atoms with Gasteiger partial charge in [0.05, 0.1) is 0 Å². The van der Waals surface area contributed by atoms with Crippen LogP contribution in [0, 0.1) is 0 Å². The molecule has 75 heavy (non-hydrogen) atoms. The van der Waals surface area contributed by atoms with Gasteiger partial charge in [0, 0.05) is 19.3 Å². The van der Waals surface area contributed by atoms with Gasteiger partial charge in [-0.15, -0.1) is 0 Å². The van der Waals surface area contributed by atoms with E-state index in [1.807, 2.05) is 0 Å². The zero-order chi connectivity index (χ0) is 54.3. The molecule has 0 saturated heterocycles. The van der Waals surface area contributed by atoms with Crippen molar-refractivity contribution in [2.75, 3.05) is 13.2 Å². The van der Waals surface area contributed by atoms with Crippen LogP contribution in [0.4, 0.5) is 0 Å². The number of ether oxygens (including phenoxy) is 3. The first-order valence-corrected chi connectivity index (χ1v) is 31.0. The summed E-state index contributed by atoms with van der Waals surface area (Å²) in [5.74, 6) is -0.932. The summed E-state index contributed by atoms with van der Waals surface area (Å²) in [5.41, 5.74) is 0. The minimum atomic E-state index is -0.796. The van der Waals surface area contributed by atoms with Gasteiger partial charge in [-0.1, -0.05) is 264 Å². The van der Waals surface area contributed by atoms with Gasteiger partial charge >= 0.3 is 17.9 Å². The molecule has 6 heteroatoms. The second kappa shape index (κ2) is 62.4. The molecule has 0 spiro atoms. The Hall–Kier alpha value is -4.19. The molecular formula is C69H114O6. The average molecular weight is 1040 g/mol. The molecule has 0 aliphatic heterocycles. The van der Waals surface area contributed by atoms with Crippen LogP contribution in [0.3, 0.4) is 0 Å². The lowest BCUT2D eigenvalue weighted by molar-refractivity contribution is -0.167. The number of esters is 3. The first-order chi connectivity index (χ1) is 37.0. The van der Waals surface area contributed by atoms with Crippen molar-refractivity contribution < 1.29 is 28.6 Å². The highest BCUT2D eigenvalue weighted by atomic mass is 16.6. The zero-order valence-electron chi connectivity index (χ0n) is 48.8. The van der Waals surface area contributed by atoms with Crippen LogP contribution < -0.4 is 0 Å². The highest BCUT2D eigenvalue weighted by molar-refractivity contribution is 5.71. The molecule has 0 heterocycles. The first-order valence-electron chi connectivity index (χ1n) is 31.0. The Balaban J connectivity index is 4.34. The number of carbonyl (C=O) groups excluding carboxylic acids is 3. The predicted molar refractivity (Wildman–Crippen MR) is 325 cm³/mol. The fourth-order valence-corrected chi connectivity index (χ4v) is 8.31. The monoisotopic (exact) mass is 1040 g/mol. The maximum Gasteiger partial charge on any atom is 0.306 e. The average Bonchev–Trinajstić information content (AvgIpc) is 3.41. The van der Waals surface area contributed by atoms with E-state index in [2.05, 4.69) is 142 Å². The Labute approximate surface area is 462 Å². The molecule has 0 N–H and O–H groups in total. The van der Waals surface area contributed by atoms with Gasteiger partial charge in [-0.05, 0) is 116 Å². The Bertz CT molecular complexity index is 1570. The second-order valence-electron chi connectivity index (χ2n) is 20.2. The molecule has 0 fully saturated rings. The smallest absolute Gasteiger partial charge is 0.306 e. The van der Waals surface area contributed by atoms with E-state index in [1.165, 1.54) is 109 Å². The molecule has 426 valence electrons. The number of rotatable bonds is 55. The van der Waals surface area contributed by atoms with Crippen molar-refractivity contribution >= 4 is 17.9 Å². The maximum absolute atomic E-state index is 12.9. The summed E-state index contributed by atoms with van der Waals surface area (Å²) in [6.45, 7) is 6.47. The third kappa shape index (κ3) is 60.6. The van der Waals surface area contributed by atoms with Crippen molar-refractivity contribution in [3.8, 4) is 0 Å². The zero-order valence-corrected chi connectivity index (χ0v) is 48.8. The van der Waals surface area contributed by atoms with E-state index in [4.69, 9.17) is 14.2 Å². The minimum absolute atomic E-state index is 0.0928. The molecule has 0 saturated carbocycles. The molecule has 6 nitrogen and oxygen atoms in total. The summed E-state index contributed by atoms with van der Waals surface area (Å²) in [5, 5.41) is 0. The summed E-state index contributed by atoms with van der Waals surface area (Å²) in [7, 11) is 0. The summed E-state index contributed by atoms with van der Waals surface area (Å²) in [6, 6.07) is 0. The molecule has 0 aliphatic carbocycles. The molecule has 0 aromatic carbocycles. The van der Waals surface area contributed by atoms with E-state index >= 15 is 0 Å². The van der Waals surface area contributed by atoms with Crippen molar-refractivity contribution in [1.82, 2.24) is 0 Å². The van der Waals surface area contributed by atoms with Crippen LogP contribution >= 0.6 is 0 Å². The van der Waals surface area contributed by atoms with Crippen LogP contribution in [0.5, 0.6) is 0 Å². The number of hydrogen-bond donors (Lipinski definition) is 0. The molecule has 0 bridgehead atoms. The van der Waals surface area contributed by atoms with Crippen LogP contribution in [0.15, 0.2) is 122 Å². The highest BCUT2D eigenvalue weighted by Gasteiger charge is 2.19. The number of unbranched alkanes of at least 4 members (excludes halogenated alkanes) is 24. The number of carbonyl (C=O) groups is 3. The molecule has 0 aromatic heterocycles. The van der Waals surface area contributed by atoms with E-state index < -0.39 is 6.10 Å². The standard InChI is InChI=1S/C69H114O6/c1-4-7-10-13-16-19-22-25-27-28-29-30-31-32-33-34-35-36-37-38-39-40-41-42-43-45-47-50-53-56-59-62-68(71)74-65-66(64-73-67(70)61-58-55-52-49-46-24-21-18-15-12-9-6-3)75-69(72)63-60-57-54-51-48-44-26-23-20-17-14-11-8-5-2/h7,10,16,18-19,21,25,27,29-30,32-33,35-36,38-39,41-42,45,47,66H,4-6,8-9,11-15,17,20,22-24,26,28,31,34,37,40,43-44,46,48-65H2,1-3H3/b10-7-,19-16-,21-18-,27-25-,30-29-,33-32-,36-35-,39-38-,42-41-,47-45-. The van der Waals surface area contributed by atoms with E-state index in [9.17, 15) is 14.4 Å². The van der Waals surface area contributed by atoms with Crippen molar-refractivity contribution in [2.24, 2.45) is 0 Å². The second-order valence-corrected chi connectivity index (χ2v) is 20.2. The van der Waals surface area contributed by atoms with Crippen LogP contribution in [0.25, 0.3) is 0 Å². The van der Waals surface area contributed by atoms with Gasteiger partial charge < -0.3 is 14.2 Å². The molecule has 0 rings (SSSR count). The summed E-state index contributed by atoms with van der Waals surface area (Å²) >= 11 is 0. The third-order valence-electron chi connectivity index (χ3n) is 13.0. The minimum Gasteiger partial charge on any atom is -0.462 e. The van der Waals surface area contributed by atoms with Crippen molar-refractivity contribution in [3.05, 3.63) is 122 Å². The molecule has 1 unspecified atom stereocenters. The molecule has 1 atom stereocenters. The van der Waals surface area contributed by atoms with Gasteiger partial charge in [0.1, 0.15) is 13.2 Å². The van der Waals surface area contributed by atoms with E-state index in [-0.39, 0.29) is 31.1 Å². The Morgan fingerprint density at radius 2 is 0.520 bits per heavy atom. The van der Waals surface area contributed by atoms with Gasteiger partial charge in [-0.3, -0.25) is 14.4 Å². The highest BCUT2D eigenvalue weighted by Crippen LogP contribution is 2.15. The molecular weight excluding hydrogens is 925 g/mol. The first kappa shape index (κ1) is 70.8. The SMILES string of the molecule is CC/C=C\C/C=C\C/C=C\C/C=C\C/C=C\C/C=C\C/C=C\C/C=C\C/C=C\CCCCCC(=O)OCC(COC(=O)CCCCCCC/C=C\CCCCC)OC(=O)CCCCCCCCCCCCCCCC. The van der Waals surface area contributed by atoms with Gasteiger partial charge in [0.25, 0.3) is 0 Å². The largest absolute Gasteiger partial charge is 0.462 e.